The van der Waals surface area contributed by atoms with E-state index in [1.54, 1.807) is 7.11 Å². The van der Waals surface area contributed by atoms with Crippen LogP contribution in [0.25, 0.3) is 0 Å². The largest absolute Gasteiger partial charge is 0.496 e. The number of nitrogens with one attached hydrogen (secondary N) is 1. The number of hydrogen-bond acceptors (Lipinski definition) is 3. The molecule has 0 radical (unpaired) electrons. The molecule has 1 heterocycles. The van der Waals surface area contributed by atoms with Crippen LogP contribution in [0.5, 0.6) is 5.75 Å². The highest BCUT2D eigenvalue weighted by Gasteiger charge is 2.21. The molecule has 1 saturated heterocycles. The summed E-state index contributed by atoms with van der Waals surface area (Å²) in [4.78, 5) is 21.0. The van der Waals surface area contributed by atoms with Crippen LogP contribution < -0.4 is 10.1 Å². The van der Waals surface area contributed by atoms with Crippen LogP contribution in [0, 0.1) is 0 Å². The standard InChI is InChI=1S/C24H32N4O2.HI/c1-4-25-24(27(2)17-21-12-7-8-13-22(21)30-3)26-16-19-10-5-6-11-20(19)18-28-15-9-14-23(28)29;/h5-8,10-13H,4,9,14-18H2,1-3H3,(H,25,26);1H. The normalized spacial score (nSPS) is 13.7. The summed E-state index contributed by atoms with van der Waals surface area (Å²) in [5.74, 6) is 1.97. The molecule has 0 spiro atoms. The third kappa shape index (κ3) is 6.85. The number of aliphatic imine (C=N–C) groups is 1. The van der Waals surface area contributed by atoms with Gasteiger partial charge >= 0.3 is 0 Å². The van der Waals surface area contributed by atoms with Gasteiger partial charge in [0, 0.05) is 45.2 Å². The predicted molar refractivity (Wildman–Crippen MR) is 136 cm³/mol. The zero-order valence-corrected chi connectivity index (χ0v) is 21.0. The smallest absolute Gasteiger partial charge is 0.222 e. The number of guanidine groups is 1. The lowest BCUT2D eigenvalue weighted by atomic mass is 10.1. The quantitative estimate of drug-likeness (QED) is 0.315. The molecule has 3 rings (SSSR count). The summed E-state index contributed by atoms with van der Waals surface area (Å²) < 4.78 is 5.48. The van der Waals surface area contributed by atoms with Crippen LogP contribution in [0.1, 0.15) is 36.5 Å². The molecule has 2 aromatic rings. The number of amides is 1. The van der Waals surface area contributed by atoms with E-state index in [4.69, 9.17) is 9.73 Å². The van der Waals surface area contributed by atoms with E-state index in [9.17, 15) is 4.79 Å². The number of rotatable bonds is 8. The van der Waals surface area contributed by atoms with Crippen LogP contribution in [0.3, 0.4) is 0 Å². The molecule has 168 valence electrons. The monoisotopic (exact) mass is 536 g/mol. The zero-order chi connectivity index (χ0) is 21.3. The second-order valence-corrected chi connectivity index (χ2v) is 7.53. The van der Waals surface area contributed by atoms with Crippen LogP contribution in [-0.4, -0.2) is 48.9 Å². The maximum atomic E-state index is 12.0. The average Bonchev–Trinajstić information content (AvgIpc) is 3.16. The Morgan fingerprint density at radius 2 is 1.81 bits per heavy atom. The van der Waals surface area contributed by atoms with Crippen molar-refractivity contribution in [3.05, 3.63) is 65.2 Å². The molecular formula is C24H33IN4O2. The number of benzene rings is 2. The molecule has 0 aromatic heterocycles. The lowest BCUT2D eigenvalue weighted by Gasteiger charge is -2.23. The van der Waals surface area contributed by atoms with Crippen molar-refractivity contribution in [1.29, 1.82) is 0 Å². The first-order chi connectivity index (χ1) is 14.6. The fourth-order valence-corrected chi connectivity index (χ4v) is 3.74. The molecule has 7 heteroatoms. The highest BCUT2D eigenvalue weighted by Crippen LogP contribution is 2.20. The van der Waals surface area contributed by atoms with E-state index in [0.717, 1.165) is 42.3 Å². The fraction of sp³-hybridized carbons (Fsp3) is 0.417. The van der Waals surface area contributed by atoms with Gasteiger partial charge in [0.2, 0.25) is 5.91 Å². The van der Waals surface area contributed by atoms with Gasteiger partial charge in [-0.05, 0) is 30.5 Å². The minimum Gasteiger partial charge on any atom is -0.496 e. The Balaban J connectivity index is 0.00000341. The van der Waals surface area contributed by atoms with Gasteiger partial charge in [0.15, 0.2) is 5.96 Å². The van der Waals surface area contributed by atoms with Crippen molar-refractivity contribution in [2.24, 2.45) is 4.99 Å². The number of hydrogen-bond donors (Lipinski definition) is 1. The van der Waals surface area contributed by atoms with E-state index >= 15 is 0 Å². The van der Waals surface area contributed by atoms with Gasteiger partial charge in [0.05, 0.1) is 13.7 Å². The highest BCUT2D eigenvalue weighted by atomic mass is 127. The lowest BCUT2D eigenvalue weighted by molar-refractivity contribution is -0.128. The highest BCUT2D eigenvalue weighted by molar-refractivity contribution is 14.0. The molecule has 1 aliphatic heterocycles. The second-order valence-electron chi connectivity index (χ2n) is 7.53. The Labute approximate surface area is 202 Å². The molecule has 1 aliphatic rings. The van der Waals surface area contributed by atoms with Gasteiger partial charge in [-0.3, -0.25) is 4.79 Å². The average molecular weight is 536 g/mol. The number of carbonyl (C=O) groups is 1. The third-order valence-corrected chi connectivity index (χ3v) is 5.35. The van der Waals surface area contributed by atoms with E-state index in [2.05, 4.69) is 35.3 Å². The first-order valence-corrected chi connectivity index (χ1v) is 10.6. The maximum absolute atomic E-state index is 12.0. The first-order valence-electron chi connectivity index (χ1n) is 10.6. The topological polar surface area (TPSA) is 57.2 Å². The summed E-state index contributed by atoms with van der Waals surface area (Å²) in [7, 11) is 3.73. The molecule has 31 heavy (non-hydrogen) atoms. The number of ether oxygens (including phenoxy) is 1. The molecule has 0 saturated carbocycles. The Hall–Kier alpha value is -2.29. The molecule has 1 amide bonds. The minimum atomic E-state index is 0. The van der Waals surface area contributed by atoms with Crippen LogP contribution in [0.2, 0.25) is 0 Å². The summed E-state index contributed by atoms with van der Waals surface area (Å²) in [5, 5.41) is 3.38. The van der Waals surface area contributed by atoms with Gasteiger partial charge < -0.3 is 19.9 Å². The molecule has 0 bridgehead atoms. The van der Waals surface area contributed by atoms with Gasteiger partial charge in [-0.25, -0.2) is 4.99 Å². The van der Waals surface area contributed by atoms with Crippen LogP contribution in [0.15, 0.2) is 53.5 Å². The molecule has 6 nitrogen and oxygen atoms in total. The molecule has 0 atom stereocenters. The Kier molecular flexibility index (Phi) is 10.1. The predicted octanol–water partition coefficient (Wildman–Crippen LogP) is 4.03. The molecule has 1 fully saturated rings. The fourth-order valence-electron chi connectivity index (χ4n) is 3.74. The van der Waals surface area contributed by atoms with E-state index in [-0.39, 0.29) is 29.9 Å². The van der Waals surface area contributed by atoms with Crippen LogP contribution in [0.4, 0.5) is 0 Å². The SMILES string of the molecule is CCNC(=NCc1ccccc1CN1CCCC1=O)N(C)Cc1ccccc1OC.I. The van der Waals surface area contributed by atoms with Crippen LogP contribution in [-0.2, 0) is 24.4 Å². The zero-order valence-electron chi connectivity index (χ0n) is 18.6. The number of methoxy groups -OCH3 is 1. The molecular weight excluding hydrogens is 503 g/mol. The van der Waals surface area contributed by atoms with Gasteiger partial charge in [-0.2, -0.15) is 0 Å². The summed E-state index contributed by atoms with van der Waals surface area (Å²) in [5.41, 5.74) is 3.43. The van der Waals surface area contributed by atoms with Crippen molar-refractivity contribution in [2.75, 3.05) is 27.2 Å². The Morgan fingerprint density at radius 3 is 2.45 bits per heavy atom. The Morgan fingerprint density at radius 1 is 1.13 bits per heavy atom. The van der Waals surface area contributed by atoms with Gasteiger partial charge in [0.25, 0.3) is 0 Å². The van der Waals surface area contributed by atoms with Crippen LogP contribution >= 0.6 is 24.0 Å². The van der Waals surface area contributed by atoms with Crippen molar-refractivity contribution in [2.45, 2.75) is 39.4 Å². The number of para-hydroxylation sites is 1. The first kappa shape index (κ1) is 25.0. The summed E-state index contributed by atoms with van der Waals surface area (Å²) in [6.07, 6.45) is 1.62. The second kappa shape index (κ2) is 12.5. The van der Waals surface area contributed by atoms with Crippen molar-refractivity contribution >= 4 is 35.8 Å². The van der Waals surface area contributed by atoms with Crippen molar-refractivity contribution in [3.63, 3.8) is 0 Å². The van der Waals surface area contributed by atoms with E-state index in [1.807, 2.05) is 42.3 Å². The summed E-state index contributed by atoms with van der Waals surface area (Å²) in [6.45, 7) is 5.63. The maximum Gasteiger partial charge on any atom is 0.222 e. The molecule has 0 aliphatic carbocycles. The Bertz CT molecular complexity index is 887. The third-order valence-electron chi connectivity index (χ3n) is 5.35. The summed E-state index contributed by atoms with van der Waals surface area (Å²) in [6, 6.07) is 16.3. The van der Waals surface area contributed by atoms with Crippen molar-refractivity contribution in [1.82, 2.24) is 15.1 Å². The molecule has 1 N–H and O–H groups in total. The number of likely N-dealkylation sites (tertiary alicyclic amines) is 1. The lowest BCUT2D eigenvalue weighted by Crippen LogP contribution is -2.38. The number of nitrogens with zero attached hydrogens (tertiary/aromatic N) is 3. The van der Waals surface area contributed by atoms with E-state index < -0.39 is 0 Å². The molecule has 0 unspecified atom stereocenters. The van der Waals surface area contributed by atoms with Gasteiger partial charge in [-0.15, -0.1) is 24.0 Å². The summed E-state index contributed by atoms with van der Waals surface area (Å²) >= 11 is 0. The van der Waals surface area contributed by atoms with E-state index in [0.29, 0.717) is 26.1 Å². The number of carbonyl (C=O) groups excluding carboxylic acids is 1. The minimum absolute atomic E-state index is 0. The van der Waals surface area contributed by atoms with E-state index in [1.165, 1.54) is 5.56 Å². The number of halogens is 1. The van der Waals surface area contributed by atoms with Crippen molar-refractivity contribution in [3.8, 4) is 5.75 Å². The molecule has 2 aromatic carbocycles. The van der Waals surface area contributed by atoms with Gasteiger partial charge in [-0.1, -0.05) is 42.5 Å². The van der Waals surface area contributed by atoms with Crippen molar-refractivity contribution < 1.29 is 9.53 Å². The van der Waals surface area contributed by atoms with Gasteiger partial charge in [0.1, 0.15) is 5.75 Å².